The number of benzene rings is 2. The normalized spacial score (nSPS) is 16.0. The van der Waals surface area contributed by atoms with Gasteiger partial charge >= 0.3 is 5.97 Å². The van der Waals surface area contributed by atoms with Crippen LogP contribution in [0, 0.1) is 0 Å². The number of hydrogen-bond acceptors (Lipinski definition) is 4. The molecule has 0 aromatic heterocycles. The first-order chi connectivity index (χ1) is 9.16. The fourth-order valence-electron chi connectivity index (χ4n) is 2.20. The number of carbonyl (C=O) groups excluding carboxylic acids is 1. The largest absolute Gasteiger partial charge is 0.456 e. The number of hydrogen-bond donors (Lipinski definition) is 1. The molecule has 0 radical (unpaired) electrons. The zero-order valence-electron chi connectivity index (χ0n) is 10.3. The summed E-state index contributed by atoms with van der Waals surface area (Å²) in [5.74, 6) is 1.01. The second-order valence-corrected chi connectivity index (χ2v) is 4.30. The molecule has 19 heavy (non-hydrogen) atoms. The highest BCUT2D eigenvalue weighted by atomic mass is 16.5. The number of aliphatic hydroxyl groups excluding tert-OH is 1. The van der Waals surface area contributed by atoms with Gasteiger partial charge in [-0.1, -0.05) is 24.3 Å². The van der Waals surface area contributed by atoms with Crippen LogP contribution >= 0.6 is 0 Å². The van der Waals surface area contributed by atoms with Gasteiger partial charge in [0.1, 0.15) is 23.4 Å². The van der Waals surface area contributed by atoms with Crippen molar-refractivity contribution < 1.29 is 19.4 Å². The molecule has 0 bridgehead atoms. The maximum absolute atomic E-state index is 11.1. The molecule has 1 aliphatic heterocycles. The Bertz CT molecular complexity index is 648. The quantitative estimate of drug-likeness (QED) is 0.629. The van der Waals surface area contributed by atoms with Crippen molar-refractivity contribution in [1.29, 1.82) is 0 Å². The first-order valence-electron chi connectivity index (χ1n) is 5.93. The van der Waals surface area contributed by atoms with Crippen LogP contribution in [0.3, 0.4) is 0 Å². The summed E-state index contributed by atoms with van der Waals surface area (Å²) in [5, 5.41) is 10.4. The molecule has 3 rings (SSSR count). The van der Waals surface area contributed by atoms with Crippen LogP contribution in [0.4, 0.5) is 0 Å². The molecule has 0 aliphatic carbocycles. The zero-order valence-corrected chi connectivity index (χ0v) is 10.3. The Hall–Kier alpha value is -2.33. The number of esters is 1. The van der Waals surface area contributed by atoms with Gasteiger partial charge in [-0.3, -0.25) is 4.79 Å². The van der Waals surface area contributed by atoms with Crippen LogP contribution < -0.4 is 9.47 Å². The van der Waals surface area contributed by atoms with E-state index in [1.807, 2.05) is 12.1 Å². The molecule has 0 fully saturated rings. The smallest absolute Gasteiger partial charge is 0.308 e. The third-order valence-corrected chi connectivity index (χ3v) is 2.99. The standard InChI is InChI=1S/C15H12O4/c1-9(16)18-12-7-4-8-13-14(12)15(17)10-5-2-3-6-11(10)19-13/h2-8,15,17H,1H3. The molecule has 1 unspecified atom stereocenters. The van der Waals surface area contributed by atoms with Gasteiger partial charge in [-0.15, -0.1) is 0 Å². The second-order valence-electron chi connectivity index (χ2n) is 4.30. The Kier molecular flexibility index (Phi) is 2.72. The lowest BCUT2D eigenvalue weighted by molar-refractivity contribution is -0.132. The monoisotopic (exact) mass is 256 g/mol. The summed E-state index contributed by atoms with van der Waals surface area (Å²) in [6.07, 6.45) is -0.865. The van der Waals surface area contributed by atoms with E-state index < -0.39 is 12.1 Å². The molecule has 2 aromatic carbocycles. The van der Waals surface area contributed by atoms with Crippen molar-refractivity contribution in [3.05, 3.63) is 53.6 Å². The summed E-state index contributed by atoms with van der Waals surface area (Å²) >= 11 is 0. The Morgan fingerprint density at radius 2 is 1.89 bits per heavy atom. The van der Waals surface area contributed by atoms with E-state index in [0.717, 1.165) is 0 Å². The summed E-state index contributed by atoms with van der Waals surface area (Å²) in [4.78, 5) is 11.1. The van der Waals surface area contributed by atoms with Crippen molar-refractivity contribution in [3.63, 3.8) is 0 Å². The van der Waals surface area contributed by atoms with Crippen LogP contribution in [0.5, 0.6) is 17.2 Å². The predicted molar refractivity (Wildman–Crippen MR) is 68.3 cm³/mol. The molecule has 1 N–H and O–H groups in total. The predicted octanol–water partition coefficient (Wildman–Crippen LogP) is 2.80. The lowest BCUT2D eigenvalue weighted by Gasteiger charge is -2.26. The van der Waals surface area contributed by atoms with E-state index in [1.165, 1.54) is 6.92 Å². The van der Waals surface area contributed by atoms with Crippen molar-refractivity contribution in [2.75, 3.05) is 0 Å². The van der Waals surface area contributed by atoms with E-state index >= 15 is 0 Å². The van der Waals surface area contributed by atoms with Crippen molar-refractivity contribution in [2.45, 2.75) is 13.0 Å². The number of carbonyl (C=O) groups is 1. The highest BCUT2D eigenvalue weighted by Gasteiger charge is 2.28. The van der Waals surface area contributed by atoms with Gasteiger partial charge in [-0.25, -0.2) is 0 Å². The molecule has 4 nitrogen and oxygen atoms in total. The average molecular weight is 256 g/mol. The molecule has 96 valence electrons. The van der Waals surface area contributed by atoms with Crippen molar-refractivity contribution in [1.82, 2.24) is 0 Å². The van der Waals surface area contributed by atoms with Crippen LogP contribution in [0.1, 0.15) is 24.2 Å². The number of fused-ring (bicyclic) bond motifs is 2. The SMILES string of the molecule is CC(=O)Oc1cccc2c1C(O)c1ccccc1O2. The van der Waals surface area contributed by atoms with Gasteiger partial charge < -0.3 is 14.6 Å². The Labute approximate surface area is 110 Å². The average Bonchev–Trinajstić information content (AvgIpc) is 2.38. The molecule has 1 aliphatic rings. The van der Waals surface area contributed by atoms with Crippen LogP contribution in [-0.4, -0.2) is 11.1 Å². The molecule has 4 heteroatoms. The molecule has 0 spiro atoms. The molecule has 0 saturated carbocycles. The molecule has 2 aromatic rings. The summed E-state index contributed by atoms with van der Waals surface area (Å²) < 4.78 is 10.8. The van der Waals surface area contributed by atoms with Crippen molar-refractivity contribution >= 4 is 5.97 Å². The fraction of sp³-hybridized carbons (Fsp3) is 0.133. The van der Waals surface area contributed by atoms with E-state index in [9.17, 15) is 9.90 Å². The molecule has 0 amide bonds. The van der Waals surface area contributed by atoms with Gasteiger partial charge in [-0.2, -0.15) is 0 Å². The summed E-state index contributed by atoms with van der Waals surface area (Å²) in [7, 11) is 0. The molecule has 1 atom stereocenters. The highest BCUT2D eigenvalue weighted by molar-refractivity contribution is 5.71. The van der Waals surface area contributed by atoms with Gasteiger partial charge in [0.05, 0.1) is 5.56 Å². The van der Waals surface area contributed by atoms with Crippen LogP contribution in [0.25, 0.3) is 0 Å². The van der Waals surface area contributed by atoms with Gasteiger partial charge in [0.2, 0.25) is 0 Å². The third-order valence-electron chi connectivity index (χ3n) is 2.99. The highest BCUT2D eigenvalue weighted by Crippen LogP contribution is 2.46. The van der Waals surface area contributed by atoms with E-state index in [2.05, 4.69) is 0 Å². The first-order valence-corrected chi connectivity index (χ1v) is 5.93. The number of rotatable bonds is 1. The molecule has 1 heterocycles. The minimum atomic E-state index is -0.865. The molecular formula is C15H12O4. The lowest BCUT2D eigenvalue weighted by Crippen LogP contribution is -2.13. The van der Waals surface area contributed by atoms with Crippen molar-refractivity contribution in [3.8, 4) is 17.2 Å². The van der Waals surface area contributed by atoms with E-state index in [1.54, 1.807) is 30.3 Å². The molecule has 0 saturated heterocycles. The number of ether oxygens (including phenoxy) is 2. The minimum Gasteiger partial charge on any atom is -0.456 e. The van der Waals surface area contributed by atoms with E-state index in [4.69, 9.17) is 9.47 Å². The first kappa shape index (κ1) is 11.7. The van der Waals surface area contributed by atoms with Crippen LogP contribution in [0.15, 0.2) is 42.5 Å². The van der Waals surface area contributed by atoms with Gasteiger partial charge in [0.25, 0.3) is 0 Å². The number of aliphatic hydroxyl groups is 1. The number of para-hydroxylation sites is 1. The maximum Gasteiger partial charge on any atom is 0.308 e. The summed E-state index contributed by atoms with van der Waals surface area (Å²) in [6.45, 7) is 1.32. The zero-order chi connectivity index (χ0) is 13.4. The Morgan fingerprint density at radius 1 is 1.16 bits per heavy atom. The van der Waals surface area contributed by atoms with Gasteiger partial charge in [0, 0.05) is 12.5 Å². The second kappa shape index (κ2) is 4.40. The molecular weight excluding hydrogens is 244 g/mol. The van der Waals surface area contributed by atoms with Crippen LogP contribution in [0.2, 0.25) is 0 Å². The van der Waals surface area contributed by atoms with E-state index in [0.29, 0.717) is 28.4 Å². The topological polar surface area (TPSA) is 55.8 Å². The minimum absolute atomic E-state index is 0.326. The third kappa shape index (κ3) is 1.96. The van der Waals surface area contributed by atoms with Gasteiger partial charge in [-0.05, 0) is 18.2 Å². The van der Waals surface area contributed by atoms with Crippen molar-refractivity contribution in [2.24, 2.45) is 0 Å². The van der Waals surface area contributed by atoms with Crippen LogP contribution in [-0.2, 0) is 4.79 Å². The van der Waals surface area contributed by atoms with Gasteiger partial charge in [0.15, 0.2) is 0 Å². The van der Waals surface area contributed by atoms with E-state index in [-0.39, 0.29) is 0 Å². The fourth-order valence-corrected chi connectivity index (χ4v) is 2.20. The Morgan fingerprint density at radius 3 is 2.68 bits per heavy atom. The lowest BCUT2D eigenvalue weighted by atomic mass is 9.96. The Balaban J connectivity index is 2.13. The maximum atomic E-state index is 11.1. The summed E-state index contributed by atoms with van der Waals surface area (Å²) in [6, 6.07) is 12.3. The summed E-state index contributed by atoms with van der Waals surface area (Å²) in [5.41, 5.74) is 1.14.